The molecule has 22 heavy (non-hydrogen) atoms. The van der Waals surface area contributed by atoms with Crippen LogP contribution in [0, 0.1) is 0 Å². The maximum Gasteiger partial charge on any atom is 0.273 e. The van der Waals surface area contributed by atoms with Gasteiger partial charge >= 0.3 is 0 Å². The van der Waals surface area contributed by atoms with Crippen LogP contribution in [0.25, 0.3) is 11.1 Å². The summed E-state index contributed by atoms with van der Waals surface area (Å²) >= 11 is 1.51. The average Bonchev–Trinajstić information content (AvgIpc) is 2.52. The highest BCUT2D eigenvalue weighted by molar-refractivity contribution is 7.99. The Morgan fingerprint density at radius 1 is 1.23 bits per heavy atom. The summed E-state index contributed by atoms with van der Waals surface area (Å²) in [4.78, 5) is 12.1. The molecule has 5 nitrogen and oxygen atoms in total. The van der Waals surface area contributed by atoms with Gasteiger partial charge in [-0.2, -0.15) is 0 Å². The third-order valence-electron chi connectivity index (χ3n) is 3.30. The number of hydrogen-bond acceptors (Lipinski definition) is 5. The summed E-state index contributed by atoms with van der Waals surface area (Å²) in [6.07, 6.45) is 3.80. The zero-order valence-corrected chi connectivity index (χ0v) is 14.1. The van der Waals surface area contributed by atoms with E-state index in [9.17, 15) is 4.79 Å². The second-order valence-corrected chi connectivity index (χ2v) is 5.42. The Labute approximate surface area is 134 Å². The highest BCUT2D eigenvalue weighted by Gasteiger charge is 2.09. The Balaban J connectivity index is 2.51. The van der Waals surface area contributed by atoms with E-state index in [0.717, 1.165) is 22.6 Å². The summed E-state index contributed by atoms with van der Waals surface area (Å²) in [7, 11) is 3.41. The second kappa shape index (κ2) is 7.26. The van der Waals surface area contributed by atoms with Gasteiger partial charge in [-0.25, -0.2) is 0 Å². The first-order valence-electron chi connectivity index (χ1n) is 7.02. The van der Waals surface area contributed by atoms with Crippen molar-refractivity contribution in [2.75, 3.05) is 29.9 Å². The first-order valence-corrected chi connectivity index (χ1v) is 8.25. The van der Waals surface area contributed by atoms with Crippen molar-refractivity contribution in [2.24, 2.45) is 7.05 Å². The molecule has 0 radical (unpaired) electrons. The molecule has 1 aromatic heterocycles. The number of rotatable bonds is 6. The number of aryl methyl sites for hydroxylation is 1. The molecule has 118 valence electrons. The van der Waals surface area contributed by atoms with Crippen molar-refractivity contribution in [1.29, 1.82) is 0 Å². The van der Waals surface area contributed by atoms with Crippen LogP contribution < -0.4 is 20.3 Å². The van der Waals surface area contributed by atoms with Gasteiger partial charge in [-0.1, -0.05) is 18.0 Å². The predicted octanol–water partition coefficient (Wildman–Crippen LogP) is 3.18. The van der Waals surface area contributed by atoms with E-state index < -0.39 is 0 Å². The number of anilines is 2. The summed E-state index contributed by atoms with van der Waals surface area (Å²) in [5, 5.41) is 3.11. The fourth-order valence-electron chi connectivity index (χ4n) is 2.26. The van der Waals surface area contributed by atoms with E-state index >= 15 is 0 Å². The molecule has 2 aromatic rings. The van der Waals surface area contributed by atoms with Crippen molar-refractivity contribution in [3.05, 3.63) is 40.8 Å². The summed E-state index contributed by atoms with van der Waals surface area (Å²) in [5.41, 5.74) is 3.49. The fraction of sp³-hybridized carbons (Fsp3) is 0.312. The monoisotopic (exact) mass is 319 g/mol. The summed E-state index contributed by atoms with van der Waals surface area (Å²) < 4.78 is 10.2. The molecular weight excluding hydrogens is 298 g/mol. The minimum Gasteiger partial charge on any atom is -0.495 e. The summed E-state index contributed by atoms with van der Waals surface area (Å²) in [5.74, 6) is 0.787. The van der Waals surface area contributed by atoms with Crippen LogP contribution in [-0.4, -0.2) is 24.5 Å². The largest absolute Gasteiger partial charge is 0.495 e. The van der Waals surface area contributed by atoms with Crippen LogP contribution >= 0.6 is 11.9 Å². The molecule has 0 aliphatic carbocycles. The number of aromatic nitrogens is 1. The van der Waals surface area contributed by atoms with Crippen LogP contribution in [0.3, 0.4) is 0 Å². The van der Waals surface area contributed by atoms with Gasteiger partial charge in [0.25, 0.3) is 5.56 Å². The molecule has 0 bridgehead atoms. The van der Waals surface area contributed by atoms with E-state index in [1.165, 1.54) is 11.9 Å². The lowest BCUT2D eigenvalue weighted by Gasteiger charge is -2.13. The summed E-state index contributed by atoms with van der Waals surface area (Å²) in [6.45, 7) is 2.68. The summed E-state index contributed by atoms with van der Waals surface area (Å²) in [6, 6.07) is 7.81. The number of nitrogens with zero attached hydrogens (tertiary/aromatic N) is 1. The molecule has 6 heteroatoms. The Hall–Kier alpha value is -2.08. The fourth-order valence-corrected chi connectivity index (χ4v) is 2.64. The van der Waals surface area contributed by atoms with Crippen LogP contribution in [0.15, 0.2) is 35.3 Å². The molecule has 0 atom stereocenters. The molecule has 0 saturated carbocycles. The number of ether oxygens (including phenoxy) is 1. The maximum atomic E-state index is 12.1. The highest BCUT2D eigenvalue weighted by atomic mass is 32.2. The first kappa shape index (κ1) is 16.3. The lowest BCUT2D eigenvalue weighted by molar-refractivity contribution is 0.417. The van der Waals surface area contributed by atoms with Crippen LogP contribution in [0.4, 0.5) is 11.4 Å². The van der Waals surface area contributed by atoms with Crippen molar-refractivity contribution in [2.45, 2.75) is 6.92 Å². The Morgan fingerprint density at radius 3 is 2.59 bits per heavy atom. The van der Waals surface area contributed by atoms with E-state index in [4.69, 9.17) is 4.74 Å². The molecule has 2 rings (SSSR count). The van der Waals surface area contributed by atoms with Crippen molar-refractivity contribution >= 4 is 23.3 Å². The molecule has 1 heterocycles. The number of benzene rings is 1. The normalized spacial score (nSPS) is 10.4. The van der Waals surface area contributed by atoms with Crippen molar-refractivity contribution in [3.63, 3.8) is 0 Å². The van der Waals surface area contributed by atoms with Gasteiger partial charge < -0.3 is 19.3 Å². The molecule has 0 fully saturated rings. The smallest absolute Gasteiger partial charge is 0.273 e. The minimum atomic E-state index is -0.0263. The molecule has 0 aliphatic rings. The van der Waals surface area contributed by atoms with Crippen LogP contribution in [0.5, 0.6) is 5.75 Å². The Kier molecular flexibility index (Phi) is 5.38. The third-order valence-corrected chi connectivity index (χ3v) is 3.72. The molecule has 2 N–H and O–H groups in total. The van der Waals surface area contributed by atoms with Crippen molar-refractivity contribution < 1.29 is 4.74 Å². The van der Waals surface area contributed by atoms with E-state index in [2.05, 4.69) is 10.0 Å². The molecule has 0 amide bonds. The van der Waals surface area contributed by atoms with Gasteiger partial charge in [0, 0.05) is 31.6 Å². The number of methoxy groups -OCH3 is 1. The Bertz CT molecular complexity index is 713. The van der Waals surface area contributed by atoms with Gasteiger partial charge in [0.05, 0.1) is 12.8 Å². The Morgan fingerprint density at radius 2 is 1.95 bits per heavy atom. The zero-order chi connectivity index (χ0) is 16.1. The maximum absolute atomic E-state index is 12.1. The second-order valence-electron chi connectivity index (χ2n) is 4.81. The van der Waals surface area contributed by atoms with E-state index in [1.54, 1.807) is 18.7 Å². The van der Waals surface area contributed by atoms with Crippen LogP contribution in [-0.2, 0) is 7.05 Å². The van der Waals surface area contributed by atoms with Gasteiger partial charge in [0.2, 0.25) is 0 Å². The number of nitrogens with one attached hydrogen (secondary N) is 2. The SMILES string of the molecule is CCNc1cc(-c2ccc(OC)c(NSC)c2)cn(C)c1=O. The number of pyridine rings is 1. The highest BCUT2D eigenvalue weighted by Crippen LogP contribution is 2.32. The quantitative estimate of drug-likeness (QED) is 0.801. The minimum absolute atomic E-state index is 0.0263. The van der Waals surface area contributed by atoms with Gasteiger partial charge in [0.15, 0.2) is 0 Å². The molecule has 0 aliphatic heterocycles. The van der Waals surface area contributed by atoms with Gasteiger partial charge in [0.1, 0.15) is 11.4 Å². The number of hydrogen-bond donors (Lipinski definition) is 2. The van der Waals surface area contributed by atoms with E-state index in [1.807, 2.05) is 43.6 Å². The zero-order valence-electron chi connectivity index (χ0n) is 13.3. The topological polar surface area (TPSA) is 55.3 Å². The van der Waals surface area contributed by atoms with Crippen LogP contribution in [0.2, 0.25) is 0 Å². The third kappa shape index (κ3) is 3.39. The average molecular weight is 319 g/mol. The standard InChI is InChI=1S/C16H21N3O2S/c1-5-17-14-9-12(10-19(2)16(14)20)11-6-7-15(21-3)13(8-11)18-22-4/h6-10,17-18H,5H2,1-4H3. The lowest BCUT2D eigenvalue weighted by atomic mass is 10.1. The predicted molar refractivity (Wildman–Crippen MR) is 95.0 cm³/mol. The van der Waals surface area contributed by atoms with Gasteiger partial charge in [-0.15, -0.1) is 0 Å². The van der Waals surface area contributed by atoms with Gasteiger partial charge in [-0.05, 0) is 30.7 Å². The van der Waals surface area contributed by atoms with Crippen molar-refractivity contribution in [1.82, 2.24) is 4.57 Å². The molecule has 1 aromatic carbocycles. The molecular formula is C16H21N3O2S. The molecule has 0 unspecified atom stereocenters. The first-order chi connectivity index (χ1) is 10.6. The molecule has 0 spiro atoms. The molecule has 0 saturated heterocycles. The van der Waals surface area contributed by atoms with E-state index in [0.29, 0.717) is 12.2 Å². The van der Waals surface area contributed by atoms with Gasteiger partial charge in [-0.3, -0.25) is 4.79 Å². The van der Waals surface area contributed by atoms with Crippen molar-refractivity contribution in [3.8, 4) is 16.9 Å². The van der Waals surface area contributed by atoms with E-state index in [-0.39, 0.29) is 5.56 Å². The lowest BCUT2D eigenvalue weighted by Crippen LogP contribution is -2.20. The van der Waals surface area contributed by atoms with Crippen LogP contribution in [0.1, 0.15) is 6.92 Å².